The number of aliphatic hydroxyl groups is 3. The first-order chi connectivity index (χ1) is 26.6. The third kappa shape index (κ3) is 8.09. The molecule has 6 N–H and O–H groups in total. The van der Waals surface area contributed by atoms with E-state index in [1.807, 2.05) is 6.92 Å². The number of fused-ring (bicyclic) bond motifs is 6. The molecule has 1 saturated heterocycles. The van der Waals surface area contributed by atoms with Crippen molar-refractivity contribution in [2.45, 2.75) is 141 Å². The summed E-state index contributed by atoms with van der Waals surface area (Å²) < 4.78 is 10.4. The van der Waals surface area contributed by atoms with E-state index in [4.69, 9.17) is 15.9 Å². The molecule has 6 aliphatic rings. The van der Waals surface area contributed by atoms with E-state index >= 15 is 0 Å². The van der Waals surface area contributed by atoms with E-state index in [1.54, 1.807) is 6.92 Å². The smallest absolute Gasteiger partial charge is 0.408 e. The molecule has 2 heterocycles. The van der Waals surface area contributed by atoms with Crippen molar-refractivity contribution >= 4 is 35.6 Å². The highest BCUT2D eigenvalue weighted by Gasteiger charge is 2.65. The number of ether oxygens (including phenoxy) is 2. The summed E-state index contributed by atoms with van der Waals surface area (Å²) in [6.45, 7) is 11.3. The van der Waals surface area contributed by atoms with Gasteiger partial charge < -0.3 is 40.7 Å². The maximum Gasteiger partial charge on any atom is 0.408 e. The van der Waals surface area contributed by atoms with Crippen LogP contribution in [0.1, 0.15) is 105 Å². The lowest BCUT2D eigenvalue weighted by Crippen LogP contribution is -2.71. The first-order valence-corrected chi connectivity index (χ1v) is 21.9. The fraction of sp³-hybridized carbons (Fsp3) is 0.810. The van der Waals surface area contributed by atoms with Gasteiger partial charge in [0.25, 0.3) is 11.8 Å². The van der Waals surface area contributed by atoms with Gasteiger partial charge >= 0.3 is 6.09 Å². The van der Waals surface area contributed by atoms with Crippen molar-refractivity contribution in [2.24, 2.45) is 46.3 Å². The molecule has 14 unspecified atom stereocenters. The summed E-state index contributed by atoms with van der Waals surface area (Å²) in [4.78, 5) is 54.2. The molecular weight excluding hydrogens is 737 g/mol. The number of nitrogens with one attached hydrogen (secondary N) is 3. The number of hydrogen-bond acceptors (Lipinski definition) is 10. The number of thioether (sulfide) groups is 1. The molecule has 13 nitrogen and oxygen atoms in total. The zero-order chi connectivity index (χ0) is 40.5. The molecule has 4 saturated carbocycles. The average molecular weight is 801 g/mol. The van der Waals surface area contributed by atoms with Crippen LogP contribution >= 0.6 is 11.8 Å². The van der Waals surface area contributed by atoms with Gasteiger partial charge in [-0.25, -0.2) is 4.79 Å². The number of nitrogens with zero attached hydrogens (tertiary/aromatic N) is 1. The van der Waals surface area contributed by atoms with E-state index in [0.717, 1.165) is 38.5 Å². The van der Waals surface area contributed by atoms with Gasteiger partial charge in [-0.05, 0) is 117 Å². The fourth-order valence-electron chi connectivity index (χ4n) is 11.8. The molecular formula is C42H64N4O9S. The molecule has 2 aliphatic heterocycles. The van der Waals surface area contributed by atoms with Gasteiger partial charge in [0.1, 0.15) is 29.9 Å². The molecule has 56 heavy (non-hydrogen) atoms. The van der Waals surface area contributed by atoms with Gasteiger partial charge in [-0.1, -0.05) is 27.7 Å². The van der Waals surface area contributed by atoms with Crippen LogP contribution in [0.2, 0.25) is 0 Å². The Balaban J connectivity index is 1.01. The zero-order valence-corrected chi connectivity index (χ0v) is 34.6. The lowest BCUT2D eigenvalue weighted by atomic mass is 9.43. The van der Waals surface area contributed by atoms with Crippen molar-refractivity contribution in [1.29, 1.82) is 0 Å². The molecule has 14 atom stereocenters. The molecule has 0 aromatic rings. The number of rotatable bonds is 14. The minimum atomic E-state index is -0.928. The van der Waals surface area contributed by atoms with E-state index in [1.165, 1.54) is 16.7 Å². The molecule has 0 spiro atoms. The van der Waals surface area contributed by atoms with E-state index in [2.05, 4.69) is 42.6 Å². The SMILES string of the molecule is C#CCC(NC(=O)OCCOCCC)NC(=O)C1=C(C)CSC2C(NC(=O)CCC(C)C3CCC4C5C(O)CC6CC(O)CCC6(C)C5CC(O)C34C)C(=O)N12. The van der Waals surface area contributed by atoms with Crippen molar-refractivity contribution in [3.63, 3.8) is 0 Å². The molecule has 0 bridgehead atoms. The molecule has 0 radical (unpaired) electrons. The molecule has 0 aromatic carbocycles. The first kappa shape index (κ1) is 42.8. The van der Waals surface area contributed by atoms with Crippen molar-refractivity contribution < 1.29 is 44.0 Å². The lowest BCUT2D eigenvalue weighted by molar-refractivity contribution is -0.207. The number of amides is 4. The maximum absolute atomic E-state index is 13.5. The summed E-state index contributed by atoms with van der Waals surface area (Å²) in [5.74, 6) is 2.93. The van der Waals surface area contributed by atoms with E-state index in [9.17, 15) is 34.5 Å². The Labute approximate surface area is 336 Å². The summed E-state index contributed by atoms with van der Waals surface area (Å²) >= 11 is 1.48. The molecule has 6 rings (SSSR count). The summed E-state index contributed by atoms with van der Waals surface area (Å²) in [5, 5.41) is 41.7. The van der Waals surface area contributed by atoms with Gasteiger partial charge in [-0.15, -0.1) is 24.1 Å². The number of β-lactam (4-membered cyclic amide) rings is 1. The van der Waals surface area contributed by atoms with Crippen molar-refractivity contribution in [3.8, 4) is 12.3 Å². The quantitative estimate of drug-likeness (QED) is 0.0656. The average Bonchev–Trinajstić information content (AvgIpc) is 3.52. The summed E-state index contributed by atoms with van der Waals surface area (Å²) in [6.07, 6.45) is 9.96. The minimum absolute atomic E-state index is 0.00294. The number of carbonyl (C=O) groups excluding carboxylic acids is 4. The van der Waals surface area contributed by atoms with Gasteiger partial charge in [-0.3, -0.25) is 19.3 Å². The highest BCUT2D eigenvalue weighted by Crippen LogP contribution is 2.68. The van der Waals surface area contributed by atoms with Crippen LogP contribution in [-0.4, -0.2) is 106 Å². The van der Waals surface area contributed by atoms with E-state index in [-0.39, 0.29) is 96.0 Å². The third-order valence-corrected chi connectivity index (χ3v) is 16.2. The van der Waals surface area contributed by atoms with Gasteiger partial charge in [0.05, 0.1) is 24.9 Å². The minimum Gasteiger partial charge on any atom is -0.447 e. The normalized spacial score (nSPS) is 38.4. The Hall–Kier alpha value is -2.83. The number of aliphatic hydroxyl groups excluding tert-OH is 3. The molecule has 4 aliphatic carbocycles. The van der Waals surface area contributed by atoms with Crippen molar-refractivity contribution in [1.82, 2.24) is 20.9 Å². The van der Waals surface area contributed by atoms with Crippen LogP contribution in [0, 0.1) is 58.7 Å². The molecule has 4 amide bonds. The number of alkyl carbamates (subject to hydrolysis) is 1. The molecule has 312 valence electrons. The van der Waals surface area contributed by atoms with Crippen LogP contribution in [0.15, 0.2) is 11.3 Å². The topological polar surface area (TPSA) is 187 Å². The molecule has 5 fully saturated rings. The second kappa shape index (κ2) is 17.6. The Kier molecular flexibility index (Phi) is 13.4. The maximum atomic E-state index is 13.5. The highest BCUT2D eigenvalue weighted by atomic mass is 32.2. The molecule has 14 heteroatoms. The van der Waals surface area contributed by atoms with Crippen LogP contribution in [0.25, 0.3) is 0 Å². The van der Waals surface area contributed by atoms with Crippen LogP contribution < -0.4 is 16.0 Å². The second-order valence-electron chi connectivity index (χ2n) is 18.0. The summed E-state index contributed by atoms with van der Waals surface area (Å²) in [6, 6.07) is -0.771. The van der Waals surface area contributed by atoms with E-state index < -0.39 is 41.8 Å². The number of hydrogen-bond donors (Lipinski definition) is 6. The zero-order valence-electron chi connectivity index (χ0n) is 33.8. The Morgan fingerprint density at radius 2 is 1.82 bits per heavy atom. The van der Waals surface area contributed by atoms with Crippen molar-refractivity contribution in [3.05, 3.63) is 11.3 Å². The number of carbonyl (C=O) groups is 4. The predicted octanol–water partition coefficient (Wildman–Crippen LogP) is 3.66. The Morgan fingerprint density at radius 1 is 1.05 bits per heavy atom. The number of terminal acetylenes is 1. The highest BCUT2D eigenvalue weighted by molar-refractivity contribution is 8.00. The monoisotopic (exact) mass is 800 g/mol. The summed E-state index contributed by atoms with van der Waals surface area (Å²) in [7, 11) is 0. The summed E-state index contributed by atoms with van der Waals surface area (Å²) in [5.41, 5.74) is 0.530. The van der Waals surface area contributed by atoms with Crippen molar-refractivity contribution in [2.75, 3.05) is 25.6 Å². The van der Waals surface area contributed by atoms with Crippen LogP contribution in [0.4, 0.5) is 4.79 Å². The Morgan fingerprint density at radius 3 is 2.55 bits per heavy atom. The van der Waals surface area contributed by atoms with Crippen LogP contribution in [0.5, 0.6) is 0 Å². The van der Waals surface area contributed by atoms with E-state index in [0.29, 0.717) is 37.2 Å². The first-order valence-electron chi connectivity index (χ1n) is 20.9. The largest absolute Gasteiger partial charge is 0.447 e. The van der Waals surface area contributed by atoms with Gasteiger partial charge in [0.2, 0.25) is 5.91 Å². The standard InChI is InChI=1S/C42H64N4O9S/c1-7-9-32(44-40(53)55-18-17-54-16-8-2)43-37(51)36-24(4)22-56-39-35(38(52)46(36)39)45-33(50)13-10-23(3)27-11-12-28-34-29(21-31(49)42(27,28)6)41(5)15-14-26(47)19-25(41)20-30(34)48/h1,23,25-32,34-35,39,47-49H,8-22H2,2-6H3,(H,43,51)(H,44,53)(H,45,50). The molecule has 0 aromatic heterocycles. The second-order valence-corrected chi connectivity index (χ2v) is 19.1. The lowest BCUT2D eigenvalue weighted by Gasteiger charge is -2.63. The van der Waals surface area contributed by atoms with Gasteiger partial charge in [0, 0.05) is 25.2 Å². The van der Waals surface area contributed by atoms with Crippen LogP contribution in [-0.2, 0) is 23.9 Å². The fourth-order valence-corrected chi connectivity index (χ4v) is 13.1. The third-order valence-electron chi connectivity index (χ3n) is 14.8. The Bertz CT molecular complexity index is 1570. The van der Waals surface area contributed by atoms with Crippen LogP contribution in [0.3, 0.4) is 0 Å². The predicted molar refractivity (Wildman–Crippen MR) is 211 cm³/mol. The van der Waals surface area contributed by atoms with Gasteiger partial charge in [0.15, 0.2) is 0 Å². The van der Waals surface area contributed by atoms with Gasteiger partial charge in [-0.2, -0.15) is 0 Å².